The first-order chi connectivity index (χ1) is 8.65. The Morgan fingerprint density at radius 2 is 2.39 bits per heavy atom. The fourth-order valence-corrected chi connectivity index (χ4v) is 1.37. The molecule has 2 rings (SSSR count). The van der Waals surface area contributed by atoms with Crippen LogP contribution in [0.15, 0.2) is 10.7 Å². The van der Waals surface area contributed by atoms with Crippen LogP contribution in [0.2, 0.25) is 0 Å². The normalized spacial score (nSPS) is 10.8. The second kappa shape index (κ2) is 5.39. The van der Waals surface area contributed by atoms with Crippen LogP contribution in [0.5, 0.6) is 0 Å². The predicted molar refractivity (Wildman–Crippen MR) is 60.4 cm³/mol. The van der Waals surface area contributed by atoms with Crippen molar-refractivity contribution < 1.29 is 9.32 Å². The van der Waals surface area contributed by atoms with Gasteiger partial charge in [-0.15, -0.1) is 0 Å². The molecule has 1 amide bonds. The molecule has 8 nitrogen and oxygen atoms in total. The Hall–Kier alpha value is -2.25. The Bertz CT molecular complexity index is 504. The third-order valence-electron chi connectivity index (χ3n) is 2.15. The summed E-state index contributed by atoms with van der Waals surface area (Å²) in [5, 5.41) is 16.0. The summed E-state index contributed by atoms with van der Waals surface area (Å²) in [5.74, 6) is 1.14. The number of aromatic amines is 1. The first-order valence-corrected chi connectivity index (χ1v) is 5.60. The molecule has 0 aliphatic heterocycles. The van der Waals surface area contributed by atoms with E-state index in [1.165, 1.54) is 6.20 Å². The van der Waals surface area contributed by atoms with Crippen molar-refractivity contribution in [2.24, 2.45) is 5.92 Å². The van der Waals surface area contributed by atoms with Crippen LogP contribution in [-0.2, 0) is 13.0 Å². The Labute approximate surface area is 103 Å². The van der Waals surface area contributed by atoms with Gasteiger partial charge >= 0.3 is 0 Å². The molecule has 0 fully saturated rings. The number of nitrogens with one attached hydrogen (secondary N) is 2. The lowest BCUT2D eigenvalue weighted by Gasteiger charge is -1.97. The van der Waals surface area contributed by atoms with Crippen LogP contribution in [0.3, 0.4) is 0 Å². The molecule has 0 spiro atoms. The molecule has 8 heteroatoms. The molecule has 2 heterocycles. The predicted octanol–water partition coefficient (Wildman–Crippen LogP) is 0.316. The molecular formula is C10H14N6O2. The third kappa shape index (κ3) is 3.12. The van der Waals surface area contributed by atoms with E-state index in [4.69, 9.17) is 4.52 Å². The number of carbonyl (C=O) groups is 1. The van der Waals surface area contributed by atoms with Gasteiger partial charge in [0.2, 0.25) is 5.89 Å². The minimum Gasteiger partial charge on any atom is -0.342 e. The van der Waals surface area contributed by atoms with E-state index in [0.717, 1.165) is 6.42 Å². The number of amides is 1. The maximum atomic E-state index is 11.5. The summed E-state index contributed by atoms with van der Waals surface area (Å²) < 4.78 is 5.01. The van der Waals surface area contributed by atoms with Crippen molar-refractivity contribution >= 4 is 5.91 Å². The minimum atomic E-state index is -0.340. The number of H-pyrrole nitrogens is 1. The van der Waals surface area contributed by atoms with Crippen molar-refractivity contribution in [3.8, 4) is 0 Å². The second-order valence-corrected chi connectivity index (χ2v) is 4.24. The smallest absolute Gasteiger partial charge is 0.273 e. The van der Waals surface area contributed by atoms with E-state index in [2.05, 4.69) is 44.7 Å². The van der Waals surface area contributed by atoms with Crippen molar-refractivity contribution in [1.82, 2.24) is 30.9 Å². The zero-order chi connectivity index (χ0) is 13.0. The Balaban J connectivity index is 1.87. The summed E-state index contributed by atoms with van der Waals surface area (Å²) in [7, 11) is 0. The molecular weight excluding hydrogens is 236 g/mol. The van der Waals surface area contributed by atoms with Gasteiger partial charge in [0, 0.05) is 6.42 Å². The maximum absolute atomic E-state index is 11.5. The van der Waals surface area contributed by atoms with E-state index in [1.54, 1.807) is 0 Å². The van der Waals surface area contributed by atoms with E-state index in [1.807, 2.05) is 0 Å². The van der Waals surface area contributed by atoms with Gasteiger partial charge in [0.25, 0.3) is 5.91 Å². The van der Waals surface area contributed by atoms with E-state index >= 15 is 0 Å². The van der Waals surface area contributed by atoms with E-state index in [0.29, 0.717) is 17.6 Å². The molecule has 0 radical (unpaired) electrons. The van der Waals surface area contributed by atoms with Crippen LogP contribution in [0.4, 0.5) is 0 Å². The van der Waals surface area contributed by atoms with Crippen LogP contribution in [-0.4, -0.2) is 31.5 Å². The first-order valence-electron chi connectivity index (χ1n) is 5.60. The molecule has 0 atom stereocenters. The van der Waals surface area contributed by atoms with Gasteiger partial charge in [-0.3, -0.25) is 4.79 Å². The topological polar surface area (TPSA) is 110 Å². The van der Waals surface area contributed by atoms with Gasteiger partial charge in [0.05, 0.1) is 12.7 Å². The van der Waals surface area contributed by atoms with E-state index < -0.39 is 0 Å². The molecule has 0 bridgehead atoms. The van der Waals surface area contributed by atoms with Crippen molar-refractivity contribution in [3.63, 3.8) is 0 Å². The lowest BCUT2D eigenvalue weighted by molar-refractivity contribution is 0.0941. The van der Waals surface area contributed by atoms with Gasteiger partial charge in [-0.2, -0.15) is 20.4 Å². The van der Waals surface area contributed by atoms with Gasteiger partial charge < -0.3 is 9.84 Å². The highest BCUT2D eigenvalue weighted by atomic mass is 16.5. The highest BCUT2D eigenvalue weighted by Gasteiger charge is 2.11. The van der Waals surface area contributed by atoms with Crippen molar-refractivity contribution in [2.45, 2.75) is 26.8 Å². The van der Waals surface area contributed by atoms with Crippen LogP contribution in [0.25, 0.3) is 0 Å². The molecule has 0 aliphatic rings. The highest BCUT2D eigenvalue weighted by molar-refractivity contribution is 5.91. The van der Waals surface area contributed by atoms with Crippen molar-refractivity contribution in [1.29, 1.82) is 0 Å². The summed E-state index contributed by atoms with van der Waals surface area (Å²) in [6.45, 7) is 4.32. The monoisotopic (exact) mass is 250 g/mol. The summed E-state index contributed by atoms with van der Waals surface area (Å²) in [6, 6.07) is 0. The van der Waals surface area contributed by atoms with Crippen molar-refractivity contribution in [3.05, 3.63) is 23.6 Å². The van der Waals surface area contributed by atoms with Crippen LogP contribution < -0.4 is 5.32 Å². The first kappa shape index (κ1) is 12.2. The quantitative estimate of drug-likeness (QED) is 0.790. The number of rotatable bonds is 5. The summed E-state index contributed by atoms with van der Waals surface area (Å²) in [4.78, 5) is 15.7. The standard InChI is InChI=1S/C10H14N6O2/c1-6(2)3-8-13-9(18-15-8)5-11-10(17)7-4-12-16-14-7/h4,6H,3,5H2,1-2H3,(H,11,17)(H,12,14,16). The average molecular weight is 250 g/mol. The Kier molecular flexibility index (Phi) is 3.66. The fraction of sp³-hybridized carbons (Fsp3) is 0.500. The van der Waals surface area contributed by atoms with Crippen LogP contribution in [0, 0.1) is 5.92 Å². The number of carbonyl (C=O) groups excluding carboxylic acids is 1. The number of hydrogen-bond donors (Lipinski definition) is 2. The molecule has 96 valence electrons. The molecule has 0 saturated carbocycles. The van der Waals surface area contributed by atoms with Gasteiger partial charge in [-0.25, -0.2) is 0 Å². The lowest BCUT2D eigenvalue weighted by Crippen LogP contribution is -2.23. The molecule has 0 aromatic carbocycles. The van der Waals surface area contributed by atoms with Crippen LogP contribution >= 0.6 is 0 Å². The molecule has 0 aliphatic carbocycles. The van der Waals surface area contributed by atoms with Crippen LogP contribution in [0.1, 0.15) is 36.1 Å². The third-order valence-corrected chi connectivity index (χ3v) is 2.15. The molecule has 2 aromatic heterocycles. The number of nitrogens with zero attached hydrogens (tertiary/aromatic N) is 4. The molecule has 0 unspecified atom stereocenters. The summed E-state index contributed by atoms with van der Waals surface area (Å²) in [5.41, 5.74) is 0.219. The Morgan fingerprint density at radius 3 is 3.06 bits per heavy atom. The van der Waals surface area contributed by atoms with Gasteiger partial charge in [0.15, 0.2) is 11.5 Å². The van der Waals surface area contributed by atoms with E-state index in [9.17, 15) is 4.79 Å². The molecule has 2 aromatic rings. The SMILES string of the molecule is CC(C)Cc1noc(CNC(=O)c2cn[nH]n2)n1. The largest absolute Gasteiger partial charge is 0.342 e. The maximum Gasteiger partial charge on any atom is 0.273 e. The minimum absolute atomic E-state index is 0.177. The highest BCUT2D eigenvalue weighted by Crippen LogP contribution is 2.04. The average Bonchev–Trinajstić information content (AvgIpc) is 2.95. The van der Waals surface area contributed by atoms with Crippen molar-refractivity contribution in [2.75, 3.05) is 0 Å². The molecule has 2 N–H and O–H groups in total. The zero-order valence-electron chi connectivity index (χ0n) is 10.2. The van der Waals surface area contributed by atoms with Gasteiger partial charge in [-0.05, 0) is 5.92 Å². The Morgan fingerprint density at radius 1 is 1.56 bits per heavy atom. The molecule has 18 heavy (non-hydrogen) atoms. The molecule has 0 saturated heterocycles. The summed E-state index contributed by atoms with van der Waals surface area (Å²) >= 11 is 0. The fourth-order valence-electron chi connectivity index (χ4n) is 1.37. The van der Waals surface area contributed by atoms with Gasteiger partial charge in [0.1, 0.15) is 0 Å². The van der Waals surface area contributed by atoms with E-state index in [-0.39, 0.29) is 18.1 Å². The number of aromatic nitrogens is 5. The summed E-state index contributed by atoms with van der Waals surface area (Å²) in [6.07, 6.45) is 2.09. The zero-order valence-corrected chi connectivity index (χ0v) is 10.2. The number of hydrogen-bond acceptors (Lipinski definition) is 6. The lowest BCUT2D eigenvalue weighted by atomic mass is 10.1. The second-order valence-electron chi connectivity index (χ2n) is 4.24. The van der Waals surface area contributed by atoms with Gasteiger partial charge in [-0.1, -0.05) is 19.0 Å².